The third kappa shape index (κ3) is 3.60. The first kappa shape index (κ1) is 14.8. The number of hydrogen-bond donors (Lipinski definition) is 0. The minimum absolute atomic E-state index is 0.0631. The summed E-state index contributed by atoms with van der Waals surface area (Å²) in [6, 6.07) is 32.1. The topological polar surface area (TPSA) is 26.0 Å². The lowest BCUT2D eigenvalue weighted by Gasteiger charge is -2.09. The third-order valence-corrected chi connectivity index (χ3v) is 5.84. The molecule has 0 bridgehead atoms. The molecule has 6 aromatic rings. The molecule has 0 spiro atoms. The van der Waals surface area contributed by atoms with Crippen molar-refractivity contribution in [1.82, 2.24) is 4.98 Å². The Balaban J connectivity index is 1.54. The first-order valence-electron chi connectivity index (χ1n) is 13.3. The first-order valence-corrected chi connectivity index (χ1v) is 10.8. The summed E-state index contributed by atoms with van der Waals surface area (Å²) in [6.07, 6.45) is -0.775. The lowest BCUT2D eigenvalue weighted by molar-refractivity contribution is 0.670. The van der Waals surface area contributed by atoms with Gasteiger partial charge in [-0.15, -0.1) is 0 Å². The Bertz CT molecular complexity index is 1770. The van der Waals surface area contributed by atoms with Crippen LogP contribution in [-0.4, -0.2) is 4.98 Å². The summed E-state index contributed by atoms with van der Waals surface area (Å²) in [6.45, 7) is -2.53. The van der Waals surface area contributed by atoms with Crippen LogP contribution in [0.2, 0.25) is 0 Å². The SMILES string of the molecule is [2H]C([2H])([2H])c1cnc(-c2cccc3c2oc2cc(-c4ccccc4)ccc23)cc1C([2H])([2H])c1ccccc1. The van der Waals surface area contributed by atoms with Crippen molar-refractivity contribution in [2.45, 2.75) is 13.2 Å². The Morgan fingerprint density at radius 3 is 2.42 bits per heavy atom. The Labute approximate surface area is 200 Å². The summed E-state index contributed by atoms with van der Waals surface area (Å²) >= 11 is 0. The zero-order chi connectivity index (χ0) is 26.5. The molecule has 33 heavy (non-hydrogen) atoms. The van der Waals surface area contributed by atoms with Gasteiger partial charge in [0.25, 0.3) is 0 Å². The number of rotatable bonds is 4. The molecule has 0 aliphatic carbocycles. The van der Waals surface area contributed by atoms with Crippen LogP contribution in [0.25, 0.3) is 44.3 Å². The summed E-state index contributed by atoms with van der Waals surface area (Å²) in [7, 11) is 0. The molecular weight excluding hydrogens is 402 g/mol. The number of aromatic nitrogens is 1. The van der Waals surface area contributed by atoms with Crippen molar-refractivity contribution in [3.05, 3.63) is 126 Å². The molecule has 2 heteroatoms. The fraction of sp³-hybridized carbons (Fsp3) is 0.0645. The van der Waals surface area contributed by atoms with E-state index in [1.54, 1.807) is 36.4 Å². The number of fused-ring (bicyclic) bond motifs is 3. The normalized spacial score (nSPS) is 14.4. The molecule has 2 nitrogen and oxygen atoms in total. The fourth-order valence-corrected chi connectivity index (χ4v) is 4.19. The lowest BCUT2D eigenvalue weighted by Crippen LogP contribution is -1.95. The summed E-state index contributed by atoms with van der Waals surface area (Å²) < 4.78 is 48.3. The van der Waals surface area contributed by atoms with Crippen LogP contribution in [0, 0.1) is 6.85 Å². The van der Waals surface area contributed by atoms with E-state index in [0.717, 1.165) is 27.5 Å². The predicted octanol–water partition coefficient (Wildman–Crippen LogP) is 8.21. The quantitative estimate of drug-likeness (QED) is 0.282. The minimum atomic E-state index is -2.53. The average molecular weight is 431 g/mol. The third-order valence-electron chi connectivity index (χ3n) is 5.84. The van der Waals surface area contributed by atoms with Crippen LogP contribution in [0.3, 0.4) is 0 Å². The molecule has 0 N–H and O–H groups in total. The Hall–Kier alpha value is -4.17. The molecule has 0 saturated carbocycles. The van der Waals surface area contributed by atoms with Gasteiger partial charge in [-0.25, -0.2) is 0 Å². The molecule has 0 saturated heterocycles. The van der Waals surface area contributed by atoms with Crippen molar-refractivity contribution in [3.8, 4) is 22.4 Å². The van der Waals surface area contributed by atoms with E-state index < -0.39 is 13.2 Å². The second-order valence-electron chi connectivity index (χ2n) is 7.97. The summed E-state index contributed by atoms with van der Waals surface area (Å²) in [4.78, 5) is 4.48. The van der Waals surface area contributed by atoms with Crippen LogP contribution in [0.1, 0.15) is 23.5 Å². The molecule has 158 valence electrons. The highest BCUT2D eigenvalue weighted by Gasteiger charge is 2.15. The highest BCUT2D eigenvalue weighted by Crippen LogP contribution is 2.37. The maximum absolute atomic E-state index is 8.91. The summed E-state index contributed by atoms with van der Waals surface area (Å²) in [5.74, 6) is 0. The average Bonchev–Trinajstić information content (AvgIpc) is 3.31. The van der Waals surface area contributed by atoms with Crippen molar-refractivity contribution < 1.29 is 11.3 Å². The highest BCUT2D eigenvalue weighted by molar-refractivity contribution is 6.10. The van der Waals surface area contributed by atoms with Crippen molar-refractivity contribution in [1.29, 1.82) is 0 Å². The molecule has 0 aliphatic rings. The molecule has 0 amide bonds. The van der Waals surface area contributed by atoms with Crippen LogP contribution >= 0.6 is 0 Å². The van der Waals surface area contributed by atoms with Crippen LogP contribution in [0.4, 0.5) is 0 Å². The van der Waals surface area contributed by atoms with Crippen LogP contribution in [0.5, 0.6) is 0 Å². The van der Waals surface area contributed by atoms with Gasteiger partial charge in [0.1, 0.15) is 11.2 Å². The highest BCUT2D eigenvalue weighted by atomic mass is 16.3. The van der Waals surface area contributed by atoms with E-state index in [1.807, 2.05) is 60.7 Å². The number of benzene rings is 4. The predicted molar refractivity (Wildman–Crippen MR) is 136 cm³/mol. The van der Waals surface area contributed by atoms with Gasteiger partial charge in [0.15, 0.2) is 0 Å². The van der Waals surface area contributed by atoms with Crippen LogP contribution in [-0.2, 0) is 6.37 Å². The van der Waals surface area contributed by atoms with Gasteiger partial charge in [0.2, 0.25) is 0 Å². The van der Waals surface area contributed by atoms with Gasteiger partial charge in [0, 0.05) is 29.4 Å². The van der Waals surface area contributed by atoms with Gasteiger partial charge in [-0.1, -0.05) is 78.9 Å². The van der Waals surface area contributed by atoms with E-state index in [-0.39, 0.29) is 11.1 Å². The number of nitrogens with zero attached hydrogens (tertiary/aromatic N) is 1. The number of pyridine rings is 1. The van der Waals surface area contributed by atoms with Gasteiger partial charge in [0.05, 0.1) is 5.69 Å². The van der Waals surface area contributed by atoms with Gasteiger partial charge >= 0.3 is 0 Å². The Morgan fingerprint density at radius 1 is 0.788 bits per heavy atom. The number of hydrogen-bond acceptors (Lipinski definition) is 2. The van der Waals surface area contributed by atoms with Crippen molar-refractivity contribution in [2.75, 3.05) is 0 Å². The van der Waals surface area contributed by atoms with Gasteiger partial charge < -0.3 is 4.42 Å². The molecule has 0 radical (unpaired) electrons. The molecule has 2 aromatic heterocycles. The molecule has 0 aliphatic heterocycles. The molecular formula is C31H23NO. The van der Waals surface area contributed by atoms with E-state index >= 15 is 0 Å². The zero-order valence-electron chi connectivity index (χ0n) is 22.7. The van der Waals surface area contributed by atoms with E-state index in [2.05, 4.69) is 11.1 Å². The van der Waals surface area contributed by atoms with E-state index in [9.17, 15) is 0 Å². The van der Waals surface area contributed by atoms with E-state index in [0.29, 0.717) is 22.4 Å². The van der Waals surface area contributed by atoms with Gasteiger partial charge in [-0.2, -0.15) is 0 Å². The second kappa shape index (κ2) is 8.07. The smallest absolute Gasteiger partial charge is 0.144 e. The van der Waals surface area contributed by atoms with Crippen LogP contribution < -0.4 is 0 Å². The second-order valence-corrected chi connectivity index (χ2v) is 7.97. The number of aryl methyl sites for hydroxylation is 1. The molecule has 0 fully saturated rings. The number of para-hydroxylation sites is 1. The Morgan fingerprint density at radius 2 is 1.61 bits per heavy atom. The van der Waals surface area contributed by atoms with Crippen molar-refractivity contribution in [2.24, 2.45) is 0 Å². The monoisotopic (exact) mass is 430 g/mol. The molecule has 0 atom stereocenters. The molecule has 0 unspecified atom stereocenters. The maximum Gasteiger partial charge on any atom is 0.144 e. The van der Waals surface area contributed by atoms with Crippen molar-refractivity contribution >= 4 is 21.9 Å². The van der Waals surface area contributed by atoms with E-state index in [4.69, 9.17) is 11.3 Å². The molecule has 6 rings (SSSR count). The minimum Gasteiger partial charge on any atom is -0.455 e. The van der Waals surface area contributed by atoms with E-state index in [1.165, 1.54) is 6.20 Å². The standard InChI is InChI=1S/C31H23NO/c1-21-20-32-29(18-25(21)17-22-9-4-2-5-10-22)28-14-8-13-27-26-16-15-24(19-30(26)33-31(27)28)23-11-6-3-7-12-23/h2-16,18-20H,17H2,1H3/i1D3,17D2. The molecule has 4 aromatic carbocycles. The van der Waals surface area contributed by atoms with Gasteiger partial charge in [-0.05, 0) is 65.3 Å². The van der Waals surface area contributed by atoms with Crippen LogP contribution in [0.15, 0.2) is 114 Å². The lowest BCUT2D eigenvalue weighted by atomic mass is 9.98. The van der Waals surface area contributed by atoms with Crippen molar-refractivity contribution in [3.63, 3.8) is 0 Å². The summed E-state index contributed by atoms with van der Waals surface area (Å²) in [5.41, 5.74) is 4.91. The summed E-state index contributed by atoms with van der Waals surface area (Å²) in [5, 5.41) is 1.87. The first-order chi connectivity index (χ1) is 18.2. The maximum atomic E-state index is 8.91. The number of furan rings is 1. The zero-order valence-corrected chi connectivity index (χ0v) is 17.7. The Kier molecular flexibility index (Phi) is 3.62. The molecule has 2 heterocycles. The fourth-order valence-electron chi connectivity index (χ4n) is 4.19. The largest absolute Gasteiger partial charge is 0.455 e. The van der Waals surface area contributed by atoms with Gasteiger partial charge in [-0.3, -0.25) is 4.98 Å².